The zero-order chi connectivity index (χ0) is 12.0. The van der Waals surface area contributed by atoms with Crippen molar-refractivity contribution in [3.05, 3.63) is 29.6 Å². The standard InChI is InChI=1S/C14H24N2/c1-4-12-8-9-13(16-10-12)6-5-7-14(15)11(2)3/h8-11,14H,4-7,15H2,1-3H3. The van der Waals surface area contributed by atoms with Crippen molar-refractivity contribution < 1.29 is 0 Å². The first kappa shape index (κ1) is 13.2. The molecule has 1 rings (SSSR count). The SMILES string of the molecule is CCc1ccc(CCCC(N)C(C)C)nc1. The van der Waals surface area contributed by atoms with E-state index in [1.165, 1.54) is 11.3 Å². The average Bonchev–Trinajstić information content (AvgIpc) is 2.29. The highest BCUT2D eigenvalue weighted by atomic mass is 14.7. The van der Waals surface area contributed by atoms with Crippen molar-refractivity contribution in [2.45, 2.75) is 52.5 Å². The van der Waals surface area contributed by atoms with Crippen LogP contribution in [0.4, 0.5) is 0 Å². The highest BCUT2D eigenvalue weighted by Crippen LogP contribution is 2.09. The summed E-state index contributed by atoms with van der Waals surface area (Å²) in [4.78, 5) is 4.45. The molecule has 2 nitrogen and oxygen atoms in total. The third-order valence-electron chi connectivity index (χ3n) is 3.12. The van der Waals surface area contributed by atoms with Gasteiger partial charge in [0.05, 0.1) is 0 Å². The lowest BCUT2D eigenvalue weighted by molar-refractivity contribution is 0.451. The molecule has 0 aromatic carbocycles. The Balaban J connectivity index is 2.31. The Kier molecular flexibility index (Phi) is 5.47. The van der Waals surface area contributed by atoms with Gasteiger partial charge in [-0.3, -0.25) is 4.98 Å². The second-order valence-electron chi connectivity index (χ2n) is 4.81. The van der Waals surface area contributed by atoms with Gasteiger partial charge in [-0.2, -0.15) is 0 Å². The molecule has 0 saturated heterocycles. The Hall–Kier alpha value is -0.890. The Labute approximate surface area is 99.3 Å². The maximum absolute atomic E-state index is 6.01. The maximum atomic E-state index is 6.01. The smallest absolute Gasteiger partial charge is 0.0403 e. The molecule has 0 fully saturated rings. The molecule has 1 heterocycles. The predicted octanol–water partition coefficient (Wildman–Crippen LogP) is 2.95. The van der Waals surface area contributed by atoms with Crippen LogP contribution in [0.3, 0.4) is 0 Å². The topological polar surface area (TPSA) is 38.9 Å². The Morgan fingerprint density at radius 1 is 1.31 bits per heavy atom. The van der Waals surface area contributed by atoms with Crippen LogP contribution in [0.2, 0.25) is 0 Å². The number of nitrogens with two attached hydrogens (primary N) is 1. The zero-order valence-electron chi connectivity index (χ0n) is 10.7. The van der Waals surface area contributed by atoms with Crippen molar-refractivity contribution in [3.63, 3.8) is 0 Å². The van der Waals surface area contributed by atoms with Crippen molar-refractivity contribution >= 4 is 0 Å². The molecule has 0 amide bonds. The molecule has 0 bridgehead atoms. The molecule has 1 atom stereocenters. The molecule has 2 N–H and O–H groups in total. The van der Waals surface area contributed by atoms with Crippen molar-refractivity contribution in [2.24, 2.45) is 11.7 Å². The number of aryl methyl sites for hydroxylation is 2. The van der Waals surface area contributed by atoms with Crippen LogP contribution in [0.15, 0.2) is 18.3 Å². The molecule has 1 unspecified atom stereocenters. The van der Waals surface area contributed by atoms with Crippen LogP contribution >= 0.6 is 0 Å². The van der Waals surface area contributed by atoms with E-state index in [0.29, 0.717) is 12.0 Å². The number of rotatable bonds is 6. The van der Waals surface area contributed by atoms with Gasteiger partial charge < -0.3 is 5.73 Å². The van der Waals surface area contributed by atoms with Gasteiger partial charge in [0.15, 0.2) is 0 Å². The van der Waals surface area contributed by atoms with E-state index in [1.807, 2.05) is 6.20 Å². The third-order valence-corrected chi connectivity index (χ3v) is 3.12. The number of nitrogens with zero attached hydrogens (tertiary/aromatic N) is 1. The fourth-order valence-corrected chi connectivity index (χ4v) is 1.66. The summed E-state index contributed by atoms with van der Waals surface area (Å²) in [6, 6.07) is 4.64. The molecule has 0 radical (unpaired) electrons. The quantitative estimate of drug-likeness (QED) is 0.800. The van der Waals surface area contributed by atoms with E-state index in [0.717, 1.165) is 25.7 Å². The summed E-state index contributed by atoms with van der Waals surface area (Å²) in [5.74, 6) is 0.579. The predicted molar refractivity (Wildman–Crippen MR) is 69.4 cm³/mol. The summed E-state index contributed by atoms with van der Waals surface area (Å²) in [5, 5.41) is 0. The van der Waals surface area contributed by atoms with Crippen LogP contribution < -0.4 is 5.73 Å². The number of hydrogen-bond acceptors (Lipinski definition) is 2. The molecule has 90 valence electrons. The van der Waals surface area contributed by atoms with Gasteiger partial charge in [0.1, 0.15) is 0 Å². The molecular formula is C14H24N2. The molecule has 1 aromatic rings. The molecule has 0 aliphatic heterocycles. The minimum atomic E-state index is 0.329. The lowest BCUT2D eigenvalue weighted by Crippen LogP contribution is -2.26. The Morgan fingerprint density at radius 3 is 2.56 bits per heavy atom. The van der Waals surface area contributed by atoms with E-state index >= 15 is 0 Å². The molecular weight excluding hydrogens is 196 g/mol. The van der Waals surface area contributed by atoms with Gasteiger partial charge in [0.2, 0.25) is 0 Å². The van der Waals surface area contributed by atoms with Crippen molar-refractivity contribution in [1.29, 1.82) is 0 Å². The lowest BCUT2D eigenvalue weighted by Gasteiger charge is -2.14. The molecule has 0 spiro atoms. The second kappa shape index (κ2) is 6.64. The van der Waals surface area contributed by atoms with Gasteiger partial charge >= 0.3 is 0 Å². The van der Waals surface area contributed by atoms with Crippen LogP contribution in [0.25, 0.3) is 0 Å². The number of hydrogen-bond donors (Lipinski definition) is 1. The first-order chi connectivity index (χ1) is 7.63. The van der Waals surface area contributed by atoms with Crippen molar-refractivity contribution in [2.75, 3.05) is 0 Å². The van der Waals surface area contributed by atoms with Crippen LogP contribution in [0, 0.1) is 5.92 Å². The monoisotopic (exact) mass is 220 g/mol. The summed E-state index contributed by atoms with van der Waals surface area (Å²) < 4.78 is 0. The van der Waals surface area contributed by atoms with Gasteiger partial charge in [0, 0.05) is 17.9 Å². The van der Waals surface area contributed by atoms with Crippen molar-refractivity contribution in [1.82, 2.24) is 4.98 Å². The van der Waals surface area contributed by atoms with Gasteiger partial charge in [-0.15, -0.1) is 0 Å². The fraction of sp³-hybridized carbons (Fsp3) is 0.643. The Bertz CT molecular complexity index is 290. The minimum Gasteiger partial charge on any atom is -0.327 e. The molecule has 0 aliphatic carbocycles. The van der Waals surface area contributed by atoms with Crippen LogP contribution in [0.1, 0.15) is 44.9 Å². The zero-order valence-corrected chi connectivity index (χ0v) is 10.7. The summed E-state index contributed by atoms with van der Waals surface area (Å²) in [6.45, 7) is 6.51. The van der Waals surface area contributed by atoms with Gasteiger partial charge in [-0.25, -0.2) is 0 Å². The minimum absolute atomic E-state index is 0.329. The highest BCUT2D eigenvalue weighted by Gasteiger charge is 2.06. The molecule has 0 saturated carbocycles. The van der Waals surface area contributed by atoms with E-state index in [1.54, 1.807) is 0 Å². The Morgan fingerprint density at radius 2 is 2.06 bits per heavy atom. The van der Waals surface area contributed by atoms with Gasteiger partial charge in [-0.05, 0) is 43.2 Å². The van der Waals surface area contributed by atoms with E-state index in [9.17, 15) is 0 Å². The summed E-state index contributed by atoms with van der Waals surface area (Å²) in [7, 11) is 0. The van der Waals surface area contributed by atoms with Gasteiger partial charge in [-0.1, -0.05) is 26.8 Å². The first-order valence-corrected chi connectivity index (χ1v) is 6.32. The highest BCUT2D eigenvalue weighted by molar-refractivity contribution is 5.13. The molecule has 16 heavy (non-hydrogen) atoms. The molecule has 2 heteroatoms. The second-order valence-corrected chi connectivity index (χ2v) is 4.81. The lowest BCUT2D eigenvalue weighted by atomic mass is 9.99. The van der Waals surface area contributed by atoms with E-state index < -0.39 is 0 Å². The summed E-state index contributed by atoms with van der Waals surface area (Å²) in [6.07, 6.45) is 6.32. The normalized spacial score (nSPS) is 13.1. The first-order valence-electron chi connectivity index (χ1n) is 6.32. The van der Waals surface area contributed by atoms with Gasteiger partial charge in [0.25, 0.3) is 0 Å². The van der Waals surface area contributed by atoms with Crippen LogP contribution in [-0.2, 0) is 12.8 Å². The fourth-order valence-electron chi connectivity index (χ4n) is 1.66. The molecule has 1 aromatic heterocycles. The van der Waals surface area contributed by atoms with E-state index in [-0.39, 0.29) is 0 Å². The third kappa shape index (κ3) is 4.31. The number of pyridine rings is 1. The number of aromatic nitrogens is 1. The largest absolute Gasteiger partial charge is 0.327 e. The van der Waals surface area contributed by atoms with E-state index in [2.05, 4.69) is 37.9 Å². The summed E-state index contributed by atoms with van der Waals surface area (Å²) in [5.41, 5.74) is 8.50. The maximum Gasteiger partial charge on any atom is 0.0403 e. The molecule has 0 aliphatic rings. The van der Waals surface area contributed by atoms with Crippen LogP contribution in [-0.4, -0.2) is 11.0 Å². The van der Waals surface area contributed by atoms with E-state index in [4.69, 9.17) is 5.73 Å². The van der Waals surface area contributed by atoms with Crippen LogP contribution in [0.5, 0.6) is 0 Å². The average molecular weight is 220 g/mol. The summed E-state index contributed by atoms with van der Waals surface area (Å²) >= 11 is 0. The van der Waals surface area contributed by atoms with Crippen molar-refractivity contribution in [3.8, 4) is 0 Å².